The van der Waals surface area contributed by atoms with Gasteiger partial charge in [0.25, 0.3) is 5.91 Å². The first-order valence-corrected chi connectivity index (χ1v) is 6.68. The van der Waals surface area contributed by atoms with Crippen molar-refractivity contribution in [3.05, 3.63) is 47.5 Å². The smallest absolute Gasteiger partial charge is 0.255 e. The van der Waals surface area contributed by atoms with Crippen molar-refractivity contribution < 1.29 is 14.3 Å². The van der Waals surface area contributed by atoms with Crippen molar-refractivity contribution in [1.29, 1.82) is 0 Å². The second-order valence-electron chi connectivity index (χ2n) is 4.83. The van der Waals surface area contributed by atoms with E-state index in [0.29, 0.717) is 29.3 Å². The molecule has 1 aliphatic heterocycles. The third-order valence-corrected chi connectivity index (χ3v) is 3.44. The van der Waals surface area contributed by atoms with Crippen molar-refractivity contribution in [3.8, 4) is 11.5 Å². The third kappa shape index (κ3) is 2.63. The highest BCUT2D eigenvalue weighted by Crippen LogP contribution is 2.27. The van der Waals surface area contributed by atoms with Crippen LogP contribution in [0.4, 0.5) is 11.4 Å². The van der Waals surface area contributed by atoms with Crippen molar-refractivity contribution in [1.82, 2.24) is 0 Å². The maximum atomic E-state index is 12.3. The Bertz CT molecular complexity index is 698. The molecule has 0 saturated heterocycles. The average Bonchev–Trinajstić information content (AvgIpc) is 2.94. The lowest BCUT2D eigenvalue weighted by molar-refractivity contribution is 0.102. The molecule has 5 heteroatoms. The zero-order chi connectivity index (χ0) is 14.8. The lowest BCUT2D eigenvalue weighted by Crippen LogP contribution is -2.12. The number of hydrogen-bond donors (Lipinski definition) is 2. The average molecular weight is 284 g/mol. The van der Waals surface area contributed by atoms with Crippen LogP contribution in [0.25, 0.3) is 0 Å². The number of fused-ring (bicyclic) bond motifs is 1. The topological polar surface area (TPSA) is 73.6 Å². The number of hydrogen-bond acceptors (Lipinski definition) is 4. The molecule has 1 amide bonds. The standard InChI is InChI=1S/C16H16N2O3/c1-20-15-5-3-12(9-13(15)17)18-16(19)11-2-4-14-10(8-11)6-7-21-14/h2-5,8-9H,6-7,17H2,1H3,(H,18,19). The van der Waals surface area contributed by atoms with Gasteiger partial charge in [-0.25, -0.2) is 0 Å². The van der Waals surface area contributed by atoms with Crippen molar-refractivity contribution >= 4 is 17.3 Å². The summed E-state index contributed by atoms with van der Waals surface area (Å²) in [5.74, 6) is 1.28. The molecule has 3 rings (SSSR count). The molecule has 0 saturated carbocycles. The minimum Gasteiger partial charge on any atom is -0.495 e. The van der Waals surface area contributed by atoms with Gasteiger partial charge in [0.2, 0.25) is 0 Å². The molecule has 1 aliphatic rings. The summed E-state index contributed by atoms with van der Waals surface area (Å²) in [6, 6.07) is 10.6. The van der Waals surface area contributed by atoms with Crippen LogP contribution in [0.3, 0.4) is 0 Å². The number of carbonyl (C=O) groups excluding carboxylic acids is 1. The SMILES string of the molecule is COc1ccc(NC(=O)c2ccc3c(c2)CCO3)cc1N. The van der Waals surface area contributed by atoms with Crippen LogP contribution in [0.5, 0.6) is 11.5 Å². The number of anilines is 2. The number of benzene rings is 2. The van der Waals surface area contributed by atoms with Crippen LogP contribution in [0, 0.1) is 0 Å². The molecule has 0 bridgehead atoms. The Morgan fingerprint density at radius 1 is 1.29 bits per heavy atom. The van der Waals surface area contributed by atoms with E-state index in [4.69, 9.17) is 15.2 Å². The lowest BCUT2D eigenvalue weighted by Gasteiger charge is -2.09. The molecule has 0 unspecified atom stereocenters. The number of nitrogens with one attached hydrogen (secondary N) is 1. The number of nitrogen functional groups attached to an aromatic ring is 1. The largest absolute Gasteiger partial charge is 0.495 e. The summed E-state index contributed by atoms with van der Waals surface area (Å²) < 4.78 is 10.5. The van der Waals surface area contributed by atoms with Crippen molar-refractivity contribution in [2.24, 2.45) is 0 Å². The molecule has 2 aromatic rings. The van der Waals surface area contributed by atoms with Crippen molar-refractivity contribution in [2.75, 3.05) is 24.8 Å². The summed E-state index contributed by atoms with van der Waals surface area (Å²) in [4.78, 5) is 12.3. The molecule has 108 valence electrons. The molecule has 5 nitrogen and oxygen atoms in total. The van der Waals surface area contributed by atoms with Crippen LogP contribution in [0.15, 0.2) is 36.4 Å². The molecule has 3 N–H and O–H groups in total. The lowest BCUT2D eigenvalue weighted by atomic mass is 10.1. The van der Waals surface area contributed by atoms with Gasteiger partial charge in [-0.2, -0.15) is 0 Å². The van der Waals surface area contributed by atoms with Gasteiger partial charge in [0, 0.05) is 17.7 Å². The highest BCUT2D eigenvalue weighted by atomic mass is 16.5. The molecule has 21 heavy (non-hydrogen) atoms. The number of amides is 1. The monoisotopic (exact) mass is 284 g/mol. The van der Waals surface area contributed by atoms with Crippen LogP contribution in [-0.2, 0) is 6.42 Å². The summed E-state index contributed by atoms with van der Waals surface area (Å²) in [7, 11) is 1.55. The maximum absolute atomic E-state index is 12.3. The molecule has 1 heterocycles. The van der Waals surface area contributed by atoms with Crippen molar-refractivity contribution in [2.45, 2.75) is 6.42 Å². The molecule has 0 aromatic heterocycles. The molecule has 0 spiro atoms. The highest BCUT2D eigenvalue weighted by Gasteiger charge is 2.15. The van der Waals surface area contributed by atoms with Crippen molar-refractivity contribution in [3.63, 3.8) is 0 Å². The van der Waals surface area contributed by atoms with Gasteiger partial charge in [0.1, 0.15) is 11.5 Å². The van der Waals surface area contributed by atoms with E-state index in [-0.39, 0.29) is 5.91 Å². The zero-order valence-corrected chi connectivity index (χ0v) is 11.7. The molecular weight excluding hydrogens is 268 g/mol. The van der Waals surface area contributed by atoms with E-state index in [9.17, 15) is 4.79 Å². The first-order valence-electron chi connectivity index (χ1n) is 6.68. The number of ether oxygens (including phenoxy) is 2. The van der Waals surface area contributed by atoms with Gasteiger partial charge in [-0.3, -0.25) is 4.79 Å². The van der Waals surface area contributed by atoms with Crippen LogP contribution < -0.4 is 20.5 Å². The van der Waals surface area contributed by atoms with Gasteiger partial charge >= 0.3 is 0 Å². The number of methoxy groups -OCH3 is 1. The molecule has 2 aromatic carbocycles. The fourth-order valence-corrected chi connectivity index (χ4v) is 2.34. The van der Waals surface area contributed by atoms with Gasteiger partial charge in [-0.1, -0.05) is 0 Å². The summed E-state index contributed by atoms with van der Waals surface area (Å²) in [6.07, 6.45) is 0.839. The highest BCUT2D eigenvalue weighted by molar-refractivity contribution is 6.04. The summed E-state index contributed by atoms with van der Waals surface area (Å²) in [6.45, 7) is 0.676. The van der Waals surface area contributed by atoms with E-state index in [1.165, 1.54) is 0 Å². The molecule has 0 fully saturated rings. The maximum Gasteiger partial charge on any atom is 0.255 e. The van der Waals surface area contributed by atoms with Gasteiger partial charge in [-0.15, -0.1) is 0 Å². The fourth-order valence-electron chi connectivity index (χ4n) is 2.34. The predicted molar refractivity (Wildman–Crippen MR) is 81.0 cm³/mol. The molecule has 0 radical (unpaired) electrons. The fraction of sp³-hybridized carbons (Fsp3) is 0.188. The number of carbonyl (C=O) groups is 1. The van der Waals surface area contributed by atoms with Crippen LogP contribution in [0.1, 0.15) is 15.9 Å². The quantitative estimate of drug-likeness (QED) is 0.849. The Kier molecular flexibility index (Phi) is 3.39. The second-order valence-corrected chi connectivity index (χ2v) is 4.83. The predicted octanol–water partition coefficient (Wildman–Crippen LogP) is 2.46. The minimum atomic E-state index is -0.172. The number of nitrogens with two attached hydrogens (primary N) is 1. The Balaban J connectivity index is 1.78. The van der Waals surface area contributed by atoms with Gasteiger partial charge in [-0.05, 0) is 42.0 Å². The Morgan fingerprint density at radius 2 is 2.14 bits per heavy atom. The zero-order valence-electron chi connectivity index (χ0n) is 11.7. The van der Waals surface area contributed by atoms with E-state index in [2.05, 4.69) is 5.32 Å². The van der Waals surface area contributed by atoms with Crippen LogP contribution >= 0.6 is 0 Å². The van der Waals surface area contributed by atoms with Gasteiger partial charge in [0.15, 0.2) is 0 Å². The molecule has 0 aliphatic carbocycles. The van der Waals surface area contributed by atoms with Crippen LogP contribution in [0.2, 0.25) is 0 Å². The minimum absolute atomic E-state index is 0.172. The second kappa shape index (κ2) is 5.36. The van der Waals surface area contributed by atoms with E-state index >= 15 is 0 Å². The molecule has 0 atom stereocenters. The van der Waals surface area contributed by atoms with E-state index < -0.39 is 0 Å². The van der Waals surface area contributed by atoms with E-state index in [1.54, 1.807) is 31.4 Å². The van der Waals surface area contributed by atoms with Crippen LogP contribution in [-0.4, -0.2) is 19.6 Å². The van der Waals surface area contributed by atoms with E-state index in [1.807, 2.05) is 12.1 Å². The Labute approximate surface area is 122 Å². The van der Waals surface area contributed by atoms with Gasteiger partial charge in [0.05, 0.1) is 19.4 Å². The summed E-state index contributed by atoms with van der Waals surface area (Å²) in [5, 5.41) is 2.83. The van der Waals surface area contributed by atoms with E-state index in [0.717, 1.165) is 17.7 Å². The molecular formula is C16H16N2O3. The third-order valence-electron chi connectivity index (χ3n) is 3.44. The summed E-state index contributed by atoms with van der Waals surface area (Å²) in [5.41, 5.74) is 8.62. The Morgan fingerprint density at radius 3 is 2.90 bits per heavy atom. The first kappa shape index (κ1) is 13.3. The number of rotatable bonds is 3. The Hall–Kier alpha value is -2.69. The normalized spacial score (nSPS) is 12.4. The first-order chi connectivity index (χ1) is 10.2. The summed E-state index contributed by atoms with van der Waals surface area (Å²) >= 11 is 0. The van der Waals surface area contributed by atoms with Gasteiger partial charge < -0.3 is 20.5 Å².